The van der Waals surface area contributed by atoms with Crippen LogP contribution in [0.5, 0.6) is 0 Å². The molecule has 0 aliphatic rings. The number of benzene rings is 1. The zero-order valence-corrected chi connectivity index (χ0v) is 10.8. The van der Waals surface area contributed by atoms with Crippen LogP contribution in [-0.2, 0) is 4.74 Å². The normalized spacial score (nSPS) is 10.2. The van der Waals surface area contributed by atoms with Crippen molar-refractivity contribution in [3.05, 3.63) is 34.9 Å². The van der Waals surface area contributed by atoms with Crippen molar-refractivity contribution in [2.24, 2.45) is 0 Å². The lowest BCUT2D eigenvalue weighted by molar-refractivity contribution is 0.168. The van der Waals surface area contributed by atoms with Gasteiger partial charge >= 0.3 is 6.09 Å². The van der Waals surface area contributed by atoms with Crippen LogP contribution in [-0.4, -0.2) is 17.7 Å². The maximum Gasteiger partial charge on any atom is 0.412 e. The Balaban J connectivity index is 2.41. The zero-order chi connectivity index (χ0) is 12.3. The molecule has 0 bridgehead atoms. The SMILES string of the molecule is CCOC(=O)Nc1ncc(Br)c2ccccc12. The van der Waals surface area contributed by atoms with Crippen LogP contribution in [0.3, 0.4) is 0 Å². The monoisotopic (exact) mass is 294 g/mol. The van der Waals surface area contributed by atoms with E-state index in [0.717, 1.165) is 15.2 Å². The van der Waals surface area contributed by atoms with E-state index in [4.69, 9.17) is 4.74 Å². The van der Waals surface area contributed by atoms with E-state index < -0.39 is 6.09 Å². The predicted molar refractivity (Wildman–Crippen MR) is 70.1 cm³/mol. The number of carbonyl (C=O) groups is 1. The molecule has 0 aliphatic heterocycles. The van der Waals surface area contributed by atoms with Crippen molar-refractivity contribution in [1.82, 2.24) is 4.98 Å². The van der Waals surface area contributed by atoms with Crippen LogP contribution in [0.25, 0.3) is 10.8 Å². The van der Waals surface area contributed by atoms with Gasteiger partial charge in [0, 0.05) is 21.4 Å². The highest BCUT2D eigenvalue weighted by atomic mass is 79.9. The number of aromatic nitrogens is 1. The number of hydrogen-bond acceptors (Lipinski definition) is 3. The molecule has 1 aromatic heterocycles. The third-order valence-corrected chi connectivity index (χ3v) is 2.87. The van der Waals surface area contributed by atoms with Crippen molar-refractivity contribution in [3.8, 4) is 0 Å². The molecular formula is C12H11BrN2O2. The van der Waals surface area contributed by atoms with Crippen LogP contribution in [0.1, 0.15) is 6.92 Å². The summed E-state index contributed by atoms with van der Waals surface area (Å²) in [5.74, 6) is 0.502. The molecule has 0 atom stereocenters. The summed E-state index contributed by atoms with van der Waals surface area (Å²) in [5.41, 5.74) is 0. The van der Waals surface area contributed by atoms with Crippen molar-refractivity contribution < 1.29 is 9.53 Å². The second-order valence-corrected chi connectivity index (χ2v) is 4.20. The highest BCUT2D eigenvalue weighted by Crippen LogP contribution is 2.27. The van der Waals surface area contributed by atoms with E-state index in [9.17, 15) is 4.79 Å². The topological polar surface area (TPSA) is 51.2 Å². The Hall–Kier alpha value is -1.62. The van der Waals surface area contributed by atoms with E-state index >= 15 is 0 Å². The summed E-state index contributed by atoms with van der Waals surface area (Å²) in [6, 6.07) is 7.68. The number of nitrogens with one attached hydrogen (secondary N) is 1. The summed E-state index contributed by atoms with van der Waals surface area (Å²) in [6.07, 6.45) is 1.16. The van der Waals surface area contributed by atoms with Gasteiger partial charge in [-0.1, -0.05) is 24.3 Å². The maximum absolute atomic E-state index is 11.4. The molecular weight excluding hydrogens is 284 g/mol. The van der Waals surface area contributed by atoms with Crippen LogP contribution < -0.4 is 5.32 Å². The van der Waals surface area contributed by atoms with Gasteiger partial charge in [-0.05, 0) is 22.9 Å². The summed E-state index contributed by atoms with van der Waals surface area (Å²) < 4.78 is 5.71. The molecule has 0 saturated heterocycles. The minimum atomic E-state index is -0.493. The molecule has 1 amide bonds. The van der Waals surface area contributed by atoms with Gasteiger partial charge in [-0.3, -0.25) is 5.32 Å². The summed E-state index contributed by atoms with van der Waals surface area (Å²) >= 11 is 3.42. The second kappa shape index (κ2) is 5.14. The first-order valence-corrected chi connectivity index (χ1v) is 5.98. The van der Waals surface area contributed by atoms with Crippen LogP contribution in [0.15, 0.2) is 34.9 Å². The average molecular weight is 295 g/mol. The quantitative estimate of drug-likeness (QED) is 0.921. The number of amides is 1. The molecule has 0 unspecified atom stereocenters. The molecule has 2 rings (SSSR count). The third kappa shape index (κ3) is 2.55. The molecule has 0 saturated carbocycles. The number of rotatable bonds is 2. The molecule has 1 N–H and O–H groups in total. The highest BCUT2D eigenvalue weighted by Gasteiger charge is 2.08. The highest BCUT2D eigenvalue weighted by molar-refractivity contribution is 9.10. The number of fused-ring (bicyclic) bond motifs is 1. The van der Waals surface area contributed by atoms with E-state index in [1.165, 1.54) is 0 Å². The van der Waals surface area contributed by atoms with Gasteiger partial charge in [-0.25, -0.2) is 9.78 Å². The Morgan fingerprint density at radius 3 is 2.82 bits per heavy atom. The summed E-state index contributed by atoms with van der Waals surface area (Å²) in [7, 11) is 0. The predicted octanol–water partition coefficient (Wildman–Crippen LogP) is 3.57. The fraction of sp³-hybridized carbons (Fsp3) is 0.167. The Kier molecular flexibility index (Phi) is 3.58. The van der Waals surface area contributed by atoms with E-state index in [1.807, 2.05) is 24.3 Å². The van der Waals surface area contributed by atoms with E-state index in [0.29, 0.717) is 12.4 Å². The van der Waals surface area contributed by atoms with Crippen molar-refractivity contribution >= 4 is 38.6 Å². The first-order chi connectivity index (χ1) is 8.22. The van der Waals surface area contributed by atoms with Gasteiger partial charge in [0.05, 0.1) is 6.61 Å². The number of halogens is 1. The molecule has 0 spiro atoms. The molecule has 1 heterocycles. The van der Waals surface area contributed by atoms with Crippen molar-refractivity contribution in [2.45, 2.75) is 6.92 Å². The maximum atomic E-state index is 11.4. The van der Waals surface area contributed by atoms with Gasteiger partial charge in [-0.15, -0.1) is 0 Å². The Morgan fingerprint density at radius 1 is 1.41 bits per heavy atom. The van der Waals surface area contributed by atoms with Crippen LogP contribution in [0.2, 0.25) is 0 Å². The number of carbonyl (C=O) groups excluding carboxylic acids is 1. The molecule has 88 valence electrons. The number of nitrogens with zero attached hydrogens (tertiary/aromatic N) is 1. The fourth-order valence-corrected chi connectivity index (χ4v) is 1.97. The number of ether oxygens (including phenoxy) is 1. The third-order valence-electron chi connectivity index (χ3n) is 2.24. The summed E-state index contributed by atoms with van der Waals surface area (Å²) in [5, 5.41) is 4.48. The minimum absolute atomic E-state index is 0.334. The van der Waals surface area contributed by atoms with Gasteiger partial charge < -0.3 is 4.74 Å². The smallest absolute Gasteiger partial charge is 0.412 e. The van der Waals surface area contributed by atoms with E-state index in [1.54, 1.807) is 13.1 Å². The number of anilines is 1. The van der Waals surface area contributed by atoms with Gasteiger partial charge in [0.25, 0.3) is 0 Å². The lowest BCUT2D eigenvalue weighted by Crippen LogP contribution is -2.14. The van der Waals surface area contributed by atoms with Crippen molar-refractivity contribution in [3.63, 3.8) is 0 Å². The lowest BCUT2D eigenvalue weighted by Gasteiger charge is -2.08. The second-order valence-electron chi connectivity index (χ2n) is 3.35. The van der Waals surface area contributed by atoms with Crippen LogP contribution >= 0.6 is 15.9 Å². The summed E-state index contributed by atoms with van der Waals surface area (Å²) in [6.45, 7) is 2.09. The molecule has 0 fully saturated rings. The minimum Gasteiger partial charge on any atom is -0.450 e. The molecule has 2 aromatic rings. The Labute approximate surface area is 107 Å². The molecule has 0 radical (unpaired) electrons. The van der Waals surface area contributed by atoms with Crippen molar-refractivity contribution in [2.75, 3.05) is 11.9 Å². The molecule has 17 heavy (non-hydrogen) atoms. The first-order valence-electron chi connectivity index (χ1n) is 5.19. The molecule has 1 aromatic carbocycles. The summed E-state index contributed by atoms with van der Waals surface area (Å²) in [4.78, 5) is 15.5. The zero-order valence-electron chi connectivity index (χ0n) is 9.24. The van der Waals surface area contributed by atoms with E-state index in [-0.39, 0.29) is 0 Å². The van der Waals surface area contributed by atoms with Crippen LogP contribution in [0, 0.1) is 0 Å². The van der Waals surface area contributed by atoms with Gasteiger partial charge in [0.2, 0.25) is 0 Å². The molecule has 0 aliphatic carbocycles. The molecule has 5 heteroatoms. The first kappa shape index (κ1) is 11.9. The largest absolute Gasteiger partial charge is 0.450 e. The lowest BCUT2D eigenvalue weighted by atomic mass is 10.1. The average Bonchev–Trinajstić information content (AvgIpc) is 2.34. The number of hydrogen-bond donors (Lipinski definition) is 1. The standard InChI is InChI=1S/C12H11BrN2O2/c1-2-17-12(16)15-11-9-6-4-3-5-8(9)10(13)7-14-11/h3-7H,2H2,1H3,(H,14,15,16). The fourth-order valence-electron chi connectivity index (χ4n) is 1.52. The van der Waals surface area contributed by atoms with Crippen LogP contribution in [0.4, 0.5) is 10.6 Å². The van der Waals surface area contributed by atoms with Gasteiger partial charge in [0.1, 0.15) is 5.82 Å². The van der Waals surface area contributed by atoms with Crippen molar-refractivity contribution in [1.29, 1.82) is 0 Å². The number of pyridine rings is 1. The van der Waals surface area contributed by atoms with Gasteiger partial charge in [0.15, 0.2) is 0 Å². The molecule has 4 nitrogen and oxygen atoms in total. The van der Waals surface area contributed by atoms with E-state index in [2.05, 4.69) is 26.2 Å². The Bertz CT molecular complexity index is 557. The van der Waals surface area contributed by atoms with Gasteiger partial charge in [-0.2, -0.15) is 0 Å². The Morgan fingerprint density at radius 2 is 2.12 bits per heavy atom.